The fourth-order valence-electron chi connectivity index (χ4n) is 2.25. The smallest absolute Gasteiger partial charge is 0.414 e. The molecule has 1 aliphatic carbocycles. The minimum absolute atomic E-state index is 0.0574. The molecule has 1 aromatic carbocycles. The van der Waals surface area contributed by atoms with Crippen LogP contribution >= 0.6 is 0 Å². The van der Waals surface area contributed by atoms with Gasteiger partial charge in [0, 0.05) is 12.1 Å². The third kappa shape index (κ3) is 7.59. The molecule has 0 bridgehead atoms. The van der Waals surface area contributed by atoms with Crippen LogP contribution in [0.5, 0.6) is 0 Å². The summed E-state index contributed by atoms with van der Waals surface area (Å²) in [4.78, 5) is 29.8. The minimum atomic E-state index is -1.82. The first kappa shape index (κ1) is 19.4. The molecule has 0 aliphatic heterocycles. The van der Waals surface area contributed by atoms with E-state index >= 15 is 0 Å². The number of aliphatic carboxylic acids is 2. The molecular weight excluding hydrogens is 316 g/mol. The van der Waals surface area contributed by atoms with Gasteiger partial charge >= 0.3 is 18.0 Å². The molecule has 24 heavy (non-hydrogen) atoms. The highest BCUT2D eigenvalue weighted by molar-refractivity contribution is 6.27. The Labute approximate surface area is 139 Å². The molecule has 1 aromatic rings. The van der Waals surface area contributed by atoms with E-state index in [1.54, 1.807) is 0 Å². The highest BCUT2D eigenvalue weighted by atomic mass is 16.5. The summed E-state index contributed by atoms with van der Waals surface area (Å²) >= 11 is 0. The van der Waals surface area contributed by atoms with Gasteiger partial charge in [-0.25, -0.2) is 14.4 Å². The molecule has 2 rings (SSSR count). The van der Waals surface area contributed by atoms with E-state index in [0.717, 1.165) is 31.2 Å². The molecule has 132 valence electrons. The van der Waals surface area contributed by atoms with Crippen LogP contribution in [-0.2, 0) is 20.9 Å². The van der Waals surface area contributed by atoms with Crippen molar-refractivity contribution in [1.29, 1.82) is 0 Å². The molecule has 0 aromatic heterocycles. The van der Waals surface area contributed by atoms with Gasteiger partial charge in [0.05, 0.1) is 0 Å². The zero-order valence-corrected chi connectivity index (χ0v) is 13.2. The number of benzene rings is 1. The average Bonchev–Trinajstić information content (AvgIpc) is 2.56. The van der Waals surface area contributed by atoms with Crippen LogP contribution in [0.1, 0.15) is 31.2 Å². The zero-order valence-electron chi connectivity index (χ0n) is 13.2. The fourth-order valence-corrected chi connectivity index (χ4v) is 2.25. The second-order valence-electron chi connectivity index (χ2n) is 5.37. The Kier molecular flexibility index (Phi) is 8.28. The summed E-state index contributed by atoms with van der Waals surface area (Å²) in [6.45, 7) is 0.300. The minimum Gasteiger partial charge on any atom is -0.473 e. The summed E-state index contributed by atoms with van der Waals surface area (Å²) in [6.07, 6.45) is 3.82. The molecule has 0 radical (unpaired) electrons. The molecule has 1 aliphatic rings. The van der Waals surface area contributed by atoms with Crippen molar-refractivity contribution in [3.8, 4) is 0 Å². The molecule has 1 fully saturated rings. The molecule has 0 heterocycles. The predicted octanol–water partition coefficient (Wildman–Crippen LogP) is 1.34. The van der Waals surface area contributed by atoms with Crippen molar-refractivity contribution in [3.63, 3.8) is 0 Å². The lowest BCUT2D eigenvalue weighted by Gasteiger charge is -2.28. The van der Waals surface area contributed by atoms with Gasteiger partial charge in [-0.05, 0) is 18.4 Å². The molecule has 0 saturated heterocycles. The molecule has 8 nitrogen and oxygen atoms in total. The summed E-state index contributed by atoms with van der Waals surface area (Å²) in [6, 6.07) is 9.76. The first-order valence-electron chi connectivity index (χ1n) is 7.59. The van der Waals surface area contributed by atoms with Gasteiger partial charge in [-0.3, -0.25) is 0 Å². The molecule has 1 saturated carbocycles. The lowest BCUT2D eigenvalue weighted by atomic mass is 9.91. The van der Waals surface area contributed by atoms with Crippen LogP contribution < -0.4 is 11.1 Å². The van der Waals surface area contributed by atoms with E-state index in [1.165, 1.54) is 0 Å². The Morgan fingerprint density at radius 1 is 1.08 bits per heavy atom. The number of carbonyl (C=O) groups is 3. The zero-order chi connectivity index (χ0) is 17.9. The van der Waals surface area contributed by atoms with E-state index in [9.17, 15) is 4.79 Å². The Morgan fingerprint density at radius 3 is 2.21 bits per heavy atom. The van der Waals surface area contributed by atoms with Crippen LogP contribution in [0.2, 0.25) is 0 Å². The van der Waals surface area contributed by atoms with Gasteiger partial charge in [0.15, 0.2) is 0 Å². The second kappa shape index (κ2) is 10.2. The maximum absolute atomic E-state index is 11.6. The van der Waals surface area contributed by atoms with Crippen LogP contribution in [0.4, 0.5) is 4.79 Å². The Morgan fingerprint density at radius 2 is 1.67 bits per heavy atom. The van der Waals surface area contributed by atoms with Crippen molar-refractivity contribution in [2.45, 2.75) is 44.4 Å². The quantitative estimate of drug-likeness (QED) is 0.610. The molecule has 5 N–H and O–H groups in total. The number of amides is 1. The van der Waals surface area contributed by atoms with E-state index < -0.39 is 11.9 Å². The number of hydrogen-bond acceptors (Lipinski definition) is 5. The van der Waals surface area contributed by atoms with Crippen LogP contribution in [-0.4, -0.2) is 40.3 Å². The number of nitrogens with two attached hydrogens (primary N) is 1. The van der Waals surface area contributed by atoms with Crippen molar-refractivity contribution >= 4 is 18.0 Å². The summed E-state index contributed by atoms with van der Waals surface area (Å²) in [5, 5.41) is 17.6. The van der Waals surface area contributed by atoms with E-state index in [-0.39, 0.29) is 18.2 Å². The maximum atomic E-state index is 11.6. The second-order valence-corrected chi connectivity index (χ2v) is 5.37. The van der Waals surface area contributed by atoms with Crippen molar-refractivity contribution in [3.05, 3.63) is 35.9 Å². The summed E-state index contributed by atoms with van der Waals surface area (Å²) in [5.41, 5.74) is 6.95. The van der Waals surface area contributed by atoms with Crippen molar-refractivity contribution in [2.75, 3.05) is 0 Å². The topological polar surface area (TPSA) is 139 Å². The Hall–Kier alpha value is -2.61. The lowest BCUT2D eigenvalue weighted by molar-refractivity contribution is -0.159. The van der Waals surface area contributed by atoms with E-state index in [2.05, 4.69) is 5.32 Å². The summed E-state index contributed by atoms with van der Waals surface area (Å²) in [5.74, 6) is -3.65. The maximum Gasteiger partial charge on any atom is 0.414 e. The first-order chi connectivity index (χ1) is 11.4. The highest BCUT2D eigenvalue weighted by Gasteiger charge is 2.23. The molecule has 2 atom stereocenters. The number of hydrogen-bond donors (Lipinski definition) is 4. The van der Waals surface area contributed by atoms with Gasteiger partial charge in [-0.15, -0.1) is 0 Å². The monoisotopic (exact) mass is 338 g/mol. The molecular formula is C16H22N2O6. The molecule has 1 amide bonds. The average molecular weight is 338 g/mol. The molecule has 0 spiro atoms. The summed E-state index contributed by atoms with van der Waals surface area (Å²) in [7, 11) is 0. The van der Waals surface area contributed by atoms with Crippen molar-refractivity contribution in [2.24, 2.45) is 5.73 Å². The lowest BCUT2D eigenvalue weighted by Crippen LogP contribution is -2.49. The van der Waals surface area contributed by atoms with Gasteiger partial charge in [-0.2, -0.15) is 0 Å². The standard InChI is InChI=1S/C14H20N2O2.C2H2O4/c15-12-8-4-5-9-13(12)16-14(17)18-10-11-6-2-1-3-7-11;3-1(4)2(5)6/h1-3,6-7,12-13H,4-5,8-10,15H2,(H,16,17);(H,3,4)(H,5,6). The van der Waals surface area contributed by atoms with Gasteiger partial charge < -0.3 is 26.0 Å². The molecule has 8 heteroatoms. The predicted molar refractivity (Wildman–Crippen MR) is 85.3 cm³/mol. The first-order valence-corrected chi connectivity index (χ1v) is 7.59. The van der Waals surface area contributed by atoms with Crippen LogP contribution in [0, 0.1) is 0 Å². The van der Waals surface area contributed by atoms with Gasteiger partial charge in [-0.1, -0.05) is 43.2 Å². The van der Waals surface area contributed by atoms with Crippen LogP contribution in [0.25, 0.3) is 0 Å². The number of carboxylic acids is 2. The van der Waals surface area contributed by atoms with E-state index in [0.29, 0.717) is 6.61 Å². The third-order valence-corrected chi connectivity index (χ3v) is 3.52. The van der Waals surface area contributed by atoms with Crippen LogP contribution in [0.3, 0.4) is 0 Å². The van der Waals surface area contributed by atoms with Gasteiger partial charge in [0.25, 0.3) is 0 Å². The number of ether oxygens (including phenoxy) is 1. The number of rotatable bonds is 3. The van der Waals surface area contributed by atoms with Crippen molar-refractivity contribution < 1.29 is 29.3 Å². The number of carboxylic acid groups (broad SMARTS) is 2. The van der Waals surface area contributed by atoms with Crippen molar-refractivity contribution in [1.82, 2.24) is 5.32 Å². The number of carbonyl (C=O) groups excluding carboxylic acids is 1. The largest absolute Gasteiger partial charge is 0.473 e. The third-order valence-electron chi connectivity index (χ3n) is 3.52. The molecule has 2 unspecified atom stereocenters. The van der Waals surface area contributed by atoms with Gasteiger partial charge in [0.1, 0.15) is 6.61 Å². The normalized spacial score (nSPS) is 19.4. The Balaban J connectivity index is 0.000000413. The van der Waals surface area contributed by atoms with E-state index in [4.69, 9.17) is 30.3 Å². The number of nitrogens with one attached hydrogen (secondary N) is 1. The Bertz CT molecular complexity index is 537. The van der Waals surface area contributed by atoms with Crippen LogP contribution in [0.15, 0.2) is 30.3 Å². The van der Waals surface area contributed by atoms with Gasteiger partial charge in [0.2, 0.25) is 0 Å². The fraction of sp³-hybridized carbons (Fsp3) is 0.438. The summed E-state index contributed by atoms with van der Waals surface area (Å²) < 4.78 is 5.17. The van der Waals surface area contributed by atoms with E-state index in [1.807, 2.05) is 30.3 Å². The highest BCUT2D eigenvalue weighted by Crippen LogP contribution is 2.16. The number of alkyl carbamates (subject to hydrolysis) is 1. The SMILES string of the molecule is NC1CCCCC1NC(=O)OCc1ccccc1.O=C(O)C(=O)O.